The molecule has 0 saturated heterocycles. The highest BCUT2D eigenvalue weighted by Gasteiger charge is 2.42. The lowest BCUT2D eigenvalue weighted by molar-refractivity contribution is -0.0302. The summed E-state index contributed by atoms with van der Waals surface area (Å²) in [6.07, 6.45) is 6.57. The maximum Gasteiger partial charge on any atom is 0.194 e. The first-order chi connectivity index (χ1) is 10.1. The monoisotopic (exact) mass is 288 g/mol. The molecule has 0 aliphatic heterocycles. The van der Waals surface area contributed by atoms with Crippen LogP contribution in [0.2, 0.25) is 0 Å². The molecule has 2 aliphatic rings. The maximum atomic E-state index is 12.9. The van der Waals surface area contributed by atoms with Crippen LogP contribution < -0.4 is 4.74 Å². The second kappa shape index (κ2) is 5.80. The highest BCUT2D eigenvalue weighted by Crippen LogP contribution is 2.37. The molecular weight excluding hydrogens is 264 g/mol. The molecule has 3 heteroatoms. The molecule has 1 aromatic carbocycles. The van der Waals surface area contributed by atoms with E-state index in [1.165, 1.54) is 6.42 Å². The van der Waals surface area contributed by atoms with Crippen LogP contribution in [0.4, 0.5) is 0 Å². The van der Waals surface area contributed by atoms with Gasteiger partial charge in [-0.25, -0.2) is 0 Å². The molecule has 3 rings (SSSR count). The van der Waals surface area contributed by atoms with Gasteiger partial charge in [-0.2, -0.15) is 0 Å². The third kappa shape index (κ3) is 3.13. The van der Waals surface area contributed by atoms with Crippen LogP contribution in [0, 0.1) is 5.92 Å². The zero-order valence-electron chi connectivity index (χ0n) is 12.9. The molecule has 2 atom stereocenters. The molecule has 21 heavy (non-hydrogen) atoms. The van der Waals surface area contributed by atoms with Gasteiger partial charge in [-0.15, -0.1) is 0 Å². The Bertz CT molecular complexity index is 504. The molecule has 2 aliphatic carbocycles. The zero-order valence-corrected chi connectivity index (χ0v) is 12.9. The van der Waals surface area contributed by atoms with Crippen LogP contribution in [0.5, 0.6) is 5.75 Å². The second-order valence-corrected chi connectivity index (χ2v) is 6.57. The zero-order chi connectivity index (χ0) is 14.9. The normalized spacial score (nSPS) is 29.1. The molecular formula is C18H24O3. The largest absolute Gasteiger partial charge is 0.490 e. The fraction of sp³-hybridized carbons (Fsp3) is 0.611. The Morgan fingerprint density at radius 1 is 1.19 bits per heavy atom. The molecule has 114 valence electrons. The van der Waals surface area contributed by atoms with Crippen molar-refractivity contribution < 1.29 is 14.3 Å². The maximum absolute atomic E-state index is 12.9. The molecule has 1 aromatic rings. The minimum absolute atomic E-state index is 0.120. The molecule has 2 fully saturated rings. The quantitative estimate of drug-likeness (QED) is 0.768. The van der Waals surface area contributed by atoms with E-state index in [2.05, 4.69) is 6.92 Å². The first-order valence-corrected chi connectivity index (χ1v) is 8.00. The van der Waals surface area contributed by atoms with E-state index in [1.54, 1.807) is 7.11 Å². The number of methoxy groups -OCH3 is 1. The van der Waals surface area contributed by atoms with Crippen molar-refractivity contribution in [2.75, 3.05) is 7.11 Å². The van der Waals surface area contributed by atoms with Crippen molar-refractivity contribution in [2.45, 2.75) is 57.2 Å². The first-order valence-electron chi connectivity index (χ1n) is 8.00. The van der Waals surface area contributed by atoms with Crippen molar-refractivity contribution in [2.24, 2.45) is 5.92 Å². The van der Waals surface area contributed by atoms with E-state index in [0.717, 1.165) is 43.4 Å². The lowest BCUT2D eigenvalue weighted by atomic mass is 9.75. The molecule has 0 heterocycles. The van der Waals surface area contributed by atoms with Gasteiger partial charge in [0, 0.05) is 12.7 Å². The van der Waals surface area contributed by atoms with Gasteiger partial charge in [-0.05, 0) is 62.3 Å². The molecule has 0 spiro atoms. The Kier molecular flexibility index (Phi) is 4.03. The van der Waals surface area contributed by atoms with E-state index in [1.807, 2.05) is 24.3 Å². The van der Waals surface area contributed by atoms with Crippen LogP contribution in [0.3, 0.4) is 0 Å². The SMILES string of the molecule is COC1(C(=O)c2ccc(OC3CC3)cc2)CCCC(C)C1. The second-order valence-electron chi connectivity index (χ2n) is 6.57. The summed E-state index contributed by atoms with van der Waals surface area (Å²) >= 11 is 0. The number of benzene rings is 1. The van der Waals surface area contributed by atoms with E-state index in [0.29, 0.717) is 12.0 Å². The smallest absolute Gasteiger partial charge is 0.194 e. The van der Waals surface area contributed by atoms with Gasteiger partial charge in [0.1, 0.15) is 11.4 Å². The van der Waals surface area contributed by atoms with E-state index in [4.69, 9.17) is 9.47 Å². The molecule has 2 unspecified atom stereocenters. The Labute approximate surface area is 126 Å². The van der Waals surface area contributed by atoms with Crippen LogP contribution in [0.25, 0.3) is 0 Å². The fourth-order valence-electron chi connectivity index (χ4n) is 3.31. The van der Waals surface area contributed by atoms with Crippen molar-refractivity contribution in [3.63, 3.8) is 0 Å². The van der Waals surface area contributed by atoms with Gasteiger partial charge in [0.2, 0.25) is 0 Å². The topological polar surface area (TPSA) is 35.5 Å². The Hall–Kier alpha value is -1.35. The summed E-state index contributed by atoms with van der Waals surface area (Å²) in [5.41, 5.74) is 0.102. The van der Waals surface area contributed by atoms with Crippen LogP contribution in [-0.2, 0) is 4.74 Å². The lowest BCUT2D eigenvalue weighted by Gasteiger charge is -2.37. The minimum atomic E-state index is -0.628. The molecule has 0 amide bonds. The highest BCUT2D eigenvalue weighted by molar-refractivity contribution is 6.02. The third-order valence-corrected chi connectivity index (χ3v) is 4.70. The van der Waals surface area contributed by atoms with Crippen molar-refractivity contribution in [1.82, 2.24) is 0 Å². The fourth-order valence-corrected chi connectivity index (χ4v) is 3.31. The lowest BCUT2D eigenvalue weighted by Crippen LogP contribution is -2.44. The van der Waals surface area contributed by atoms with Gasteiger partial charge in [0.05, 0.1) is 6.10 Å². The summed E-state index contributed by atoms with van der Waals surface area (Å²) in [7, 11) is 1.67. The summed E-state index contributed by atoms with van der Waals surface area (Å²) in [5.74, 6) is 1.52. The van der Waals surface area contributed by atoms with Gasteiger partial charge in [0.25, 0.3) is 0 Å². The molecule has 0 N–H and O–H groups in total. The van der Waals surface area contributed by atoms with Crippen LogP contribution in [-0.4, -0.2) is 24.6 Å². The number of ether oxygens (including phenoxy) is 2. The average molecular weight is 288 g/mol. The van der Waals surface area contributed by atoms with Crippen LogP contribution >= 0.6 is 0 Å². The van der Waals surface area contributed by atoms with E-state index >= 15 is 0 Å². The van der Waals surface area contributed by atoms with Gasteiger partial charge in [0.15, 0.2) is 5.78 Å². The first kappa shape index (κ1) is 14.6. The van der Waals surface area contributed by atoms with Gasteiger partial charge < -0.3 is 9.47 Å². The van der Waals surface area contributed by atoms with Gasteiger partial charge in [-0.3, -0.25) is 4.79 Å². The summed E-state index contributed by atoms with van der Waals surface area (Å²) in [6.45, 7) is 2.20. The van der Waals surface area contributed by atoms with E-state index < -0.39 is 5.60 Å². The number of Topliss-reactive ketones (excluding diaryl/α,β-unsaturated/α-hetero) is 1. The number of hydrogen-bond acceptors (Lipinski definition) is 3. The summed E-state index contributed by atoms with van der Waals surface area (Å²) in [4.78, 5) is 12.9. The summed E-state index contributed by atoms with van der Waals surface area (Å²) in [5, 5.41) is 0. The predicted octanol–water partition coefficient (Wildman–Crippen LogP) is 4.01. The summed E-state index contributed by atoms with van der Waals surface area (Å²) in [6, 6.07) is 7.56. The average Bonchev–Trinajstić information content (AvgIpc) is 3.31. The van der Waals surface area contributed by atoms with Crippen LogP contribution in [0.15, 0.2) is 24.3 Å². The standard InChI is InChI=1S/C18H24O3/c1-13-4-3-11-18(12-13,20-2)17(19)14-5-7-15(8-6-14)21-16-9-10-16/h5-8,13,16H,3-4,9-12H2,1-2H3. The summed E-state index contributed by atoms with van der Waals surface area (Å²) < 4.78 is 11.4. The molecule has 0 bridgehead atoms. The van der Waals surface area contributed by atoms with E-state index in [-0.39, 0.29) is 5.78 Å². The Morgan fingerprint density at radius 2 is 1.90 bits per heavy atom. The Morgan fingerprint density at radius 3 is 2.48 bits per heavy atom. The van der Waals surface area contributed by atoms with Crippen molar-refractivity contribution in [3.8, 4) is 5.75 Å². The van der Waals surface area contributed by atoms with Gasteiger partial charge in [-0.1, -0.05) is 13.3 Å². The number of rotatable bonds is 5. The molecule has 3 nitrogen and oxygen atoms in total. The van der Waals surface area contributed by atoms with Crippen LogP contribution in [0.1, 0.15) is 55.8 Å². The van der Waals surface area contributed by atoms with Crippen molar-refractivity contribution in [1.29, 1.82) is 0 Å². The van der Waals surface area contributed by atoms with Crippen molar-refractivity contribution in [3.05, 3.63) is 29.8 Å². The predicted molar refractivity (Wildman–Crippen MR) is 81.8 cm³/mol. The number of ketones is 1. The molecule has 2 saturated carbocycles. The van der Waals surface area contributed by atoms with E-state index in [9.17, 15) is 4.79 Å². The number of hydrogen-bond donors (Lipinski definition) is 0. The highest BCUT2D eigenvalue weighted by atomic mass is 16.5. The third-order valence-electron chi connectivity index (χ3n) is 4.70. The number of carbonyl (C=O) groups excluding carboxylic acids is 1. The van der Waals surface area contributed by atoms with Crippen molar-refractivity contribution >= 4 is 5.78 Å². The molecule has 0 aromatic heterocycles. The minimum Gasteiger partial charge on any atom is -0.490 e. The number of carbonyl (C=O) groups is 1. The molecule has 0 radical (unpaired) electrons. The van der Waals surface area contributed by atoms with Gasteiger partial charge >= 0.3 is 0 Å². The Balaban J connectivity index is 1.75.